The minimum atomic E-state index is 0.164. The smallest absolute Gasteiger partial charge is 0.201 e. The van der Waals surface area contributed by atoms with Crippen molar-refractivity contribution in [3.05, 3.63) is 83.9 Å². The van der Waals surface area contributed by atoms with Crippen molar-refractivity contribution in [1.82, 2.24) is 29.4 Å². The molecule has 1 aliphatic rings. The standard InChI is InChI=1S/C25H23N7O/c1-16-3-5-17(6-4-16)11-20-15-33-24-14-19(13-23-29-30-25(20)32(23)24)18-7-9-26-21(12-18)28-22-8-10-27-31(22)2/h3-10,12-14,20H,11,15H2,1-2H3,(H,26,28). The first kappa shape index (κ1) is 19.5. The highest BCUT2D eigenvalue weighted by atomic mass is 16.5. The van der Waals surface area contributed by atoms with E-state index in [1.165, 1.54) is 11.1 Å². The maximum Gasteiger partial charge on any atom is 0.201 e. The van der Waals surface area contributed by atoms with Crippen molar-refractivity contribution in [1.29, 1.82) is 0 Å². The lowest BCUT2D eigenvalue weighted by atomic mass is 9.97. The monoisotopic (exact) mass is 437 g/mol. The van der Waals surface area contributed by atoms with E-state index < -0.39 is 0 Å². The third-order valence-corrected chi connectivity index (χ3v) is 6.07. The minimum Gasteiger partial charge on any atom is -0.478 e. The molecule has 0 bridgehead atoms. The number of aryl methyl sites for hydroxylation is 2. The first-order valence-corrected chi connectivity index (χ1v) is 10.9. The van der Waals surface area contributed by atoms with Crippen molar-refractivity contribution < 1.29 is 4.74 Å². The Morgan fingerprint density at radius 1 is 1.00 bits per heavy atom. The summed E-state index contributed by atoms with van der Waals surface area (Å²) in [5.74, 6) is 3.49. The summed E-state index contributed by atoms with van der Waals surface area (Å²) in [7, 11) is 1.89. The summed E-state index contributed by atoms with van der Waals surface area (Å²) in [5, 5.41) is 16.5. The van der Waals surface area contributed by atoms with E-state index in [9.17, 15) is 0 Å². The zero-order valence-electron chi connectivity index (χ0n) is 18.4. The molecule has 1 N–H and O–H groups in total. The van der Waals surface area contributed by atoms with Crippen LogP contribution in [0.1, 0.15) is 22.9 Å². The Bertz CT molecular complexity index is 1450. The molecule has 1 aliphatic heterocycles. The van der Waals surface area contributed by atoms with Gasteiger partial charge in [-0.1, -0.05) is 29.8 Å². The van der Waals surface area contributed by atoms with Gasteiger partial charge < -0.3 is 10.1 Å². The predicted molar refractivity (Wildman–Crippen MR) is 126 cm³/mol. The summed E-state index contributed by atoms with van der Waals surface area (Å²) in [6.07, 6.45) is 4.41. The van der Waals surface area contributed by atoms with Gasteiger partial charge in [0.15, 0.2) is 5.65 Å². The molecule has 4 aromatic heterocycles. The summed E-state index contributed by atoms with van der Waals surface area (Å²) in [4.78, 5) is 4.44. The van der Waals surface area contributed by atoms with Gasteiger partial charge in [0.25, 0.3) is 0 Å². The van der Waals surface area contributed by atoms with Gasteiger partial charge in [-0.25, -0.2) is 9.38 Å². The molecule has 0 radical (unpaired) electrons. The van der Waals surface area contributed by atoms with Crippen molar-refractivity contribution in [2.45, 2.75) is 19.3 Å². The summed E-state index contributed by atoms with van der Waals surface area (Å²) in [5.41, 5.74) is 5.34. The Labute approximate surface area is 190 Å². The number of hydrogen-bond donors (Lipinski definition) is 1. The number of nitrogens with one attached hydrogen (secondary N) is 1. The summed E-state index contributed by atoms with van der Waals surface area (Å²) >= 11 is 0. The van der Waals surface area contributed by atoms with Crippen LogP contribution in [0.4, 0.5) is 11.6 Å². The molecule has 8 heteroatoms. The average molecular weight is 438 g/mol. The number of hydrogen-bond acceptors (Lipinski definition) is 6. The first-order chi connectivity index (χ1) is 16.1. The molecular formula is C25H23N7O. The Kier molecular flexibility index (Phi) is 4.57. The van der Waals surface area contributed by atoms with Crippen LogP contribution in [0.2, 0.25) is 0 Å². The van der Waals surface area contributed by atoms with E-state index >= 15 is 0 Å². The number of pyridine rings is 2. The van der Waals surface area contributed by atoms with Crippen LogP contribution in [-0.2, 0) is 13.5 Å². The van der Waals surface area contributed by atoms with Gasteiger partial charge in [-0.3, -0.25) is 4.68 Å². The molecule has 1 aromatic carbocycles. The average Bonchev–Trinajstić information content (AvgIpc) is 3.44. The number of nitrogens with zero attached hydrogens (tertiary/aromatic N) is 6. The fraction of sp³-hybridized carbons (Fsp3) is 0.200. The lowest BCUT2D eigenvalue weighted by Gasteiger charge is -2.23. The quantitative estimate of drug-likeness (QED) is 0.442. The normalized spacial score (nSPS) is 14.9. The van der Waals surface area contributed by atoms with Gasteiger partial charge in [0.05, 0.1) is 12.1 Å². The van der Waals surface area contributed by atoms with Crippen molar-refractivity contribution in [3.63, 3.8) is 0 Å². The van der Waals surface area contributed by atoms with E-state index in [0.717, 1.165) is 46.5 Å². The molecule has 33 heavy (non-hydrogen) atoms. The molecule has 0 saturated heterocycles. The highest BCUT2D eigenvalue weighted by molar-refractivity contribution is 5.72. The third-order valence-electron chi connectivity index (χ3n) is 6.07. The Morgan fingerprint density at radius 3 is 2.70 bits per heavy atom. The van der Waals surface area contributed by atoms with E-state index in [0.29, 0.717) is 6.61 Å². The molecule has 164 valence electrons. The summed E-state index contributed by atoms with van der Waals surface area (Å²) < 4.78 is 9.99. The molecule has 8 nitrogen and oxygen atoms in total. The first-order valence-electron chi connectivity index (χ1n) is 10.9. The van der Waals surface area contributed by atoms with E-state index in [2.05, 4.69) is 56.8 Å². The van der Waals surface area contributed by atoms with Gasteiger partial charge >= 0.3 is 0 Å². The van der Waals surface area contributed by atoms with Gasteiger partial charge in [0.2, 0.25) is 5.88 Å². The van der Waals surface area contributed by atoms with E-state index in [-0.39, 0.29) is 5.92 Å². The van der Waals surface area contributed by atoms with Gasteiger partial charge in [-0.15, -0.1) is 10.2 Å². The van der Waals surface area contributed by atoms with Crippen molar-refractivity contribution in [3.8, 4) is 17.0 Å². The largest absolute Gasteiger partial charge is 0.478 e. The second kappa shape index (κ2) is 7.74. The molecular weight excluding hydrogens is 414 g/mol. The maximum absolute atomic E-state index is 6.20. The molecule has 0 amide bonds. The van der Waals surface area contributed by atoms with Crippen molar-refractivity contribution in [2.75, 3.05) is 11.9 Å². The fourth-order valence-corrected chi connectivity index (χ4v) is 4.27. The lowest BCUT2D eigenvalue weighted by molar-refractivity contribution is 0.245. The SMILES string of the molecule is Cc1ccc(CC2COc3cc(-c4ccnc(Nc5ccnn5C)c4)cc4nnc2n34)cc1. The zero-order chi connectivity index (χ0) is 22.4. The van der Waals surface area contributed by atoms with E-state index in [1.54, 1.807) is 17.1 Å². The van der Waals surface area contributed by atoms with Crippen molar-refractivity contribution >= 4 is 17.3 Å². The lowest BCUT2D eigenvalue weighted by Crippen LogP contribution is -2.22. The molecule has 5 aromatic rings. The van der Waals surface area contributed by atoms with E-state index in [4.69, 9.17) is 4.74 Å². The number of anilines is 2. The van der Waals surface area contributed by atoms with Crippen LogP contribution in [0, 0.1) is 6.92 Å². The third kappa shape index (κ3) is 3.59. The highest BCUT2D eigenvalue weighted by Gasteiger charge is 2.27. The number of aromatic nitrogens is 6. The van der Waals surface area contributed by atoms with Crippen LogP contribution in [0.15, 0.2) is 67.0 Å². The predicted octanol–water partition coefficient (Wildman–Crippen LogP) is 4.30. The van der Waals surface area contributed by atoms with Crippen LogP contribution < -0.4 is 10.1 Å². The minimum absolute atomic E-state index is 0.164. The Hall–Kier alpha value is -4.20. The van der Waals surface area contributed by atoms with E-state index in [1.807, 2.05) is 41.8 Å². The van der Waals surface area contributed by atoms with Crippen LogP contribution in [0.25, 0.3) is 16.8 Å². The van der Waals surface area contributed by atoms with Crippen LogP contribution in [-0.4, -0.2) is 36.0 Å². The molecule has 0 aliphatic carbocycles. The Morgan fingerprint density at radius 2 is 1.88 bits per heavy atom. The number of ether oxygens (including phenoxy) is 1. The van der Waals surface area contributed by atoms with Crippen LogP contribution >= 0.6 is 0 Å². The Balaban J connectivity index is 1.32. The molecule has 5 heterocycles. The second-order valence-electron chi connectivity index (χ2n) is 8.43. The molecule has 1 unspecified atom stereocenters. The molecule has 1 atom stereocenters. The van der Waals surface area contributed by atoms with Gasteiger partial charge in [-0.2, -0.15) is 5.10 Å². The van der Waals surface area contributed by atoms with Crippen LogP contribution in [0.3, 0.4) is 0 Å². The van der Waals surface area contributed by atoms with Crippen molar-refractivity contribution in [2.24, 2.45) is 7.05 Å². The molecule has 0 fully saturated rings. The molecule has 6 rings (SSSR count). The second-order valence-corrected chi connectivity index (χ2v) is 8.43. The highest BCUT2D eigenvalue weighted by Crippen LogP contribution is 2.34. The maximum atomic E-state index is 6.20. The number of benzene rings is 1. The van der Waals surface area contributed by atoms with Gasteiger partial charge in [-0.05, 0) is 48.2 Å². The molecule has 0 spiro atoms. The molecule has 0 saturated carbocycles. The summed E-state index contributed by atoms with van der Waals surface area (Å²) in [6.45, 7) is 2.68. The zero-order valence-corrected chi connectivity index (χ0v) is 18.4. The number of rotatable bonds is 5. The van der Waals surface area contributed by atoms with Gasteiger partial charge in [0.1, 0.15) is 24.1 Å². The fourth-order valence-electron chi connectivity index (χ4n) is 4.27. The van der Waals surface area contributed by atoms with Gasteiger partial charge in [0, 0.05) is 25.4 Å². The topological polar surface area (TPSA) is 82.2 Å². The summed E-state index contributed by atoms with van der Waals surface area (Å²) in [6, 6.07) is 18.6. The van der Waals surface area contributed by atoms with Crippen LogP contribution in [0.5, 0.6) is 5.88 Å².